The van der Waals surface area contributed by atoms with E-state index in [0.717, 1.165) is 75.2 Å². The third-order valence-corrected chi connectivity index (χ3v) is 8.07. The van der Waals surface area contributed by atoms with Gasteiger partial charge in [-0.1, -0.05) is 38.3 Å². The molecule has 1 aliphatic heterocycles. The normalized spacial score (nSPS) is 26.0. The molecular weight excluding hydrogens is 497 g/mol. The molecule has 0 aromatic carbocycles. The van der Waals surface area contributed by atoms with Crippen LogP contribution in [0.1, 0.15) is 84.5 Å². The van der Waals surface area contributed by atoms with Crippen LogP contribution in [-0.4, -0.2) is 74.7 Å². The van der Waals surface area contributed by atoms with Gasteiger partial charge < -0.3 is 24.4 Å². The van der Waals surface area contributed by atoms with E-state index in [1.54, 1.807) is 0 Å². The Morgan fingerprint density at radius 1 is 1.05 bits per heavy atom. The summed E-state index contributed by atoms with van der Waals surface area (Å²) in [6.07, 6.45) is 9.26. The van der Waals surface area contributed by atoms with Gasteiger partial charge in [0, 0.05) is 44.8 Å². The molecule has 1 amide bonds. The molecule has 218 valence electrons. The van der Waals surface area contributed by atoms with Crippen LogP contribution in [0.5, 0.6) is 0 Å². The van der Waals surface area contributed by atoms with Gasteiger partial charge in [-0.2, -0.15) is 13.2 Å². The van der Waals surface area contributed by atoms with Gasteiger partial charge in [-0.15, -0.1) is 0 Å². The van der Waals surface area contributed by atoms with Gasteiger partial charge in [0.2, 0.25) is 0 Å². The molecule has 1 saturated heterocycles. The molecule has 1 heterocycles. The van der Waals surface area contributed by atoms with Gasteiger partial charge in [0.25, 0.3) is 0 Å². The van der Waals surface area contributed by atoms with Gasteiger partial charge in [0.05, 0.1) is 19.0 Å². The number of piperidine rings is 1. The van der Waals surface area contributed by atoms with Crippen LogP contribution in [0.25, 0.3) is 0 Å². The van der Waals surface area contributed by atoms with Crippen molar-refractivity contribution in [3.05, 3.63) is 23.5 Å². The maximum atomic E-state index is 12.8. The number of halogens is 3. The number of ether oxygens (including phenoxy) is 3. The number of unbranched alkanes of at least 4 members (excludes halogenated alkanes) is 2. The maximum Gasteiger partial charge on any atom is 0.471 e. The fraction of sp³-hybridized carbons (Fsp3) is 0.828. The zero-order chi connectivity index (χ0) is 27.5. The summed E-state index contributed by atoms with van der Waals surface area (Å²) in [5.41, 5.74) is 1.26. The van der Waals surface area contributed by atoms with Crippen LogP contribution in [0.4, 0.5) is 13.2 Å². The molecule has 0 spiro atoms. The number of amides is 1. The highest BCUT2D eigenvalue weighted by molar-refractivity contribution is 5.81. The number of nitrogens with one attached hydrogen (secondary N) is 1. The molecular formula is C29H47F3N2O4. The quantitative estimate of drug-likeness (QED) is 0.217. The summed E-state index contributed by atoms with van der Waals surface area (Å²) in [6, 6.07) is 0.133. The Kier molecular flexibility index (Phi) is 12.4. The van der Waals surface area contributed by atoms with Gasteiger partial charge in [0.1, 0.15) is 6.10 Å². The van der Waals surface area contributed by atoms with Crippen molar-refractivity contribution in [2.45, 2.75) is 115 Å². The molecule has 0 radical (unpaired) electrons. The first-order valence-corrected chi connectivity index (χ1v) is 14.5. The van der Waals surface area contributed by atoms with Crippen molar-refractivity contribution in [2.24, 2.45) is 5.92 Å². The summed E-state index contributed by atoms with van der Waals surface area (Å²) in [4.78, 5) is 12.5. The molecule has 3 rings (SSSR count). The zero-order valence-corrected chi connectivity index (χ0v) is 23.4. The highest BCUT2D eigenvalue weighted by atomic mass is 19.4. The van der Waals surface area contributed by atoms with Crippen molar-refractivity contribution in [1.82, 2.24) is 10.2 Å². The SMILES string of the molecule is CCCCOCC(COCCCC)OC1=CC[C@H]2CC[C@@H](C3=CC[C@H](N(C)C(=O)C(F)(F)F)CC3)N[C@H]2C1. The lowest BCUT2D eigenvalue weighted by molar-refractivity contribution is -0.186. The summed E-state index contributed by atoms with van der Waals surface area (Å²) < 4.78 is 56.6. The Balaban J connectivity index is 1.52. The van der Waals surface area contributed by atoms with Gasteiger partial charge >= 0.3 is 12.1 Å². The van der Waals surface area contributed by atoms with Gasteiger partial charge in [0.15, 0.2) is 0 Å². The molecule has 38 heavy (non-hydrogen) atoms. The average Bonchev–Trinajstić information content (AvgIpc) is 2.91. The van der Waals surface area contributed by atoms with E-state index in [0.29, 0.717) is 44.4 Å². The van der Waals surface area contributed by atoms with E-state index >= 15 is 0 Å². The standard InChI is InChI=1S/C29H47F3N2O4/c1-4-6-16-36-19-25(20-37-17-7-5-2)38-24-14-10-22-11-15-26(33-27(22)18-24)21-8-12-23(13-9-21)34(3)28(35)29(30,31)32/h8,14,22-23,25-27,33H,4-7,9-13,15-20H2,1-3H3/t22-,23-,26-,27-/m0/s1. The number of fused-ring (bicyclic) bond motifs is 1. The van der Waals surface area contributed by atoms with Crippen molar-refractivity contribution in [3.63, 3.8) is 0 Å². The van der Waals surface area contributed by atoms with Gasteiger partial charge in [-0.25, -0.2) is 0 Å². The third-order valence-electron chi connectivity index (χ3n) is 8.07. The van der Waals surface area contributed by atoms with Crippen molar-refractivity contribution >= 4 is 5.91 Å². The van der Waals surface area contributed by atoms with E-state index < -0.39 is 18.1 Å². The number of allylic oxidation sites excluding steroid dienone is 1. The largest absolute Gasteiger partial charge is 0.490 e. The average molecular weight is 545 g/mol. The van der Waals surface area contributed by atoms with Crippen molar-refractivity contribution < 1.29 is 32.2 Å². The topological polar surface area (TPSA) is 60.0 Å². The molecule has 9 heteroatoms. The minimum absolute atomic E-state index is 0.125. The van der Waals surface area contributed by atoms with Crippen LogP contribution >= 0.6 is 0 Å². The number of hydrogen-bond donors (Lipinski definition) is 1. The van der Waals surface area contributed by atoms with E-state index in [-0.39, 0.29) is 12.1 Å². The van der Waals surface area contributed by atoms with Crippen molar-refractivity contribution in [2.75, 3.05) is 33.5 Å². The highest BCUT2D eigenvalue weighted by Crippen LogP contribution is 2.36. The van der Waals surface area contributed by atoms with Gasteiger partial charge in [-0.05, 0) is 63.4 Å². The molecule has 1 N–H and O–H groups in total. The summed E-state index contributed by atoms with van der Waals surface area (Å²) in [6.45, 7) is 6.80. The van der Waals surface area contributed by atoms with Crippen LogP contribution < -0.4 is 5.32 Å². The van der Waals surface area contributed by atoms with Crippen LogP contribution in [-0.2, 0) is 19.0 Å². The van der Waals surface area contributed by atoms with Crippen molar-refractivity contribution in [3.8, 4) is 0 Å². The number of carbonyl (C=O) groups is 1. The van der Waals surface area contributed by atoms with Crippen LogP contribution in [0.2, 0.25) is 0 Å². The number of carbonyl (C=O) groups excluding carboxylic acids is 1. The molecule has 0 saturated carbocycles. The lowest BCUT2D eigenvalue weighted by Crippen LogP contribution is -2.50. The first-order chi connectivity index (χ1) is 18.2. The minimum atomic E-state index is -4.82. The van der Waals surface area contributed by atoms with E-state index in [1.165, 1.54) is 12.6 Å². The Morgan fingerprint density at radius 2 is 1.74 bits per heavy atom. The van der Waals surface area contributed by atoms with E-state index in [9.17, 15) is 18.0 Å². The fourth-order valence-electron chi connectivity index (χ4n) is 5.67. The fourth-order valence-corrected chi connectivity index (χ4v) is 5.67. The number of nitrogens with zero attached hydrogens (tertiary/aromatic N) is 1. The predicted molar refractivity (Wildman–Crippen MR) is 142 cm³/mol. The molecule has 3 aliphatic rings. The molecule has 4 atom stereocenters. The second-order valence-electron chi connectivity index (χ2n) is 11.0. The molecule has 0 aromatic heterocycles. The van der Waals surface area contributed by atoms with Crippen LogP contribution in [0.3, 0.4) is 0 Å². The molecule has 0 aromatic rings. The molecule has 2 aliphatic carbocycles. The Bertz CT molecular complexity index is 789. The predicted octanol–water partition coefficient (Wildman–Crippen LogP) is 5.92. The lowest BCUT2D eigenvalue weighted by atomic mass is 9.77. The molecule has 6 nitrogen and oxygen atoms in total. The molecule has 0 unspecified atom stereocenters. The molecule has 0 bridgehead atoms. The molecule has 1 fully saturated rings. The van der Waals surface area contributed by atoms with Crippen molar-refractivity contribution in [1.29, 1.82) is 0 Å². The zero-order valence-electron chi connectivity index (χ0n) is 23.4. The Labute approximate surface area is 226 Å². The maximum absolute atomic E-state index is 12.8. The highest BCUT2D eigenvalue weighted by Gasteiger charge is 2.43. The number of hydrogen-bond acceptors (Lipinski definition) is 5. The van der Waals surface area contributed by atoms with Crippen LogP contribution in [0.15, 0.2) is 23.5 Å². The first-order valence-electron chi connectivity index (χ1n) is 14.5. The summed E-state index contributed by atoms with van der Waals surface area (Å²) in [5.74, 6) is -0.206. The van der Waals surface area contributed by atoms with E-state index in [1.807, 2.05) is 0 Å². The van der Waals surface area contributed by atoms with E-state index in [2.05, 4.69) is 31.3 Å². The number of alkyl halides is 3. The second-order valence-corrected chi connectivity index (χ2v) is 11.0. The summed E-state index contributed by atoms with van der Waals surface area (Å²) in [7, 11) is 1.26. The smallest absolute Gasteiger partial charge is 0.471 e. The summed E-state index contributed by atoms with van der Waals surface area (Å²) >= 11 is 0. The number of rotatable bonds is 14. The Hall–Kier alpha value is -1.58. The minimum Gasteiger partial charge on any atom is -0.490 e. The second kappa shape index (κ2) is 15.3. The van der Waals surface area contributed by atoms with E-state index in [4.69, 9.17) is 14.2 Å². The lowest BCUT2D eigenvalue weighted by Gasteiger charge is -2.42. The van der Waals surface area contributed by atoms with Gasteiger partial charge in [-0.3, -0.25) is 4.79 Å². The summed E-state index contributed by atoms with van der Waals surface area (Å²) in [5, 5.41) is 3.83. The third kappa shape index (κ3) is 9.26. The first kappa shape index (κ1) is 31.0. The Morgan fingerprint density at radius 3 is 2.32 bits per heavy atom. The monoisotopic (exact) mass is 544 g/mol. The van der Waals surface area contributed by atoms with Crippen LogP contribution in [0, 0.1) is 5.92 Å².